The van der Waals surface area contributed by atoms with Gasteiger partial charge in [-0.3, -0.25) is 14.8 Å². The van der Waals surface area contributed by atoms with E-state index in [1.165, 1.54) is 0 Å². The van der Waals surface area contributed by atoms with Crippen LogP contribution in [0.2, 0.25) is 0 Å². The third-order valence-corrected chi connectivity index (χ3v) is 2.66. The summed E-state index contributed by atoms with van der Waals surface area (Å²) >= 11 is 0. The smallest absolute Gasteiger partial charge is 0.312 e. The maximum atomic E-state index is 11.9. The van der Waals surface area contributed by atoms with Crippen LogP contribution in [0.15, 0.2) is 34.7 Å². The van der Waals surface area contributed by atoms with Crippen LogP contribution in [0.3, 0.4) is 0 Å². The minimum Gasteiger partial charge on any atom is -0.451 e. The van der Waals surface area contributed by atoms with Gasteiger partial charge in [0.25, 0.3) is 0 Å². The fourth-order valence-electron chi connectivity index (χ4n) is 1.72. The number of rotatable bonds is 5. The summed E-state index contributed by atoms with van der Waals surface area (Å²) in [6.07, 6.45) is 0.419. The highest BCUT2D eigenvalue weighted by Crippen LogP contribution is 2.19. The predicted octanol–water partition coefficient (Wildman–Crippen LogP) is 1.53. The Morgan fingerprint density at radius 1 is 1.32 bits per heavy atom. The number of amides is 2. The van der Waals surface area contributed by atoms with Gasteiger partial charge in [0.2, 0.25) is 5.91 Å². The van der Waals surface area contributed by atoms with Gasteiger partial charge in [0.15, 0.2) is 5.76 Å². The summed E-state index contributed by atoms with van der Waals surface area (Å²) in [6, 6.07) is 8.74. The van der Waals surface area contributed by atoms with Gasteiger partial charge in [0.1, 0.15) is 5.58 Å². The van der Waals surface area contributed by atoms with Gasteiger partial charge in [-0.05, 0) is 18.6 Å². The summed E-state index contributed by atoms with van der Waals surface area (Å²) in [5, 5.41) is 10.9. The SMILES string of the molecule is NC(=O)CCCN(O)C(=O)c1cc2ccccc2o1. The molecule has 6 nitrogen and oxygen atoms in total. The Hall–Kier alpha value is -2.34. The standard InChI is InChI=1S/C13H14N2O4/c14-12(16)6-3-7-15(18)13(17)11-8-9-4-1-2-5-10(9)19-11/h1-2,4-5,8,18H,3,6-7H2,(H2,14,16). The van der Waals surface area contributed by atoms with Crippen molar-refractivity contribution in [1.29, 1.82) is 0 Å². The number of primary amides is 1. The van der Waals surface area contributed by atoms with Crippen LogP contribution in [0, 0.1) is 0 Å². The van der Waals surface area contributed by atoms with Crippen LogP contribution in [0.1, 0.15) is 23.4 Å². The first-order valence-electron chi connectivity index (χ1n) is 5.85. The van der Waals surface area contributed by atoms with Gasteiger partial charge >= 0.3 is 5.91 Å². The van der Waals surface area contributed by atoms with Gasteiger partial charge in [-0.1, -0.05) is 18.2 Å². The van der Waals surface area contributed by atoms with Crippen LogP contribution < -0.4 is 5.73 Å². The molecule has 2 rings (SSSR count). The lowest BCUT2D eigenvalue weighted by molar-refractivity contribution is -0.118. The van der Waals surface area contributed by atoms with Crippen molar-refractivity contribution >= 4 is 22.8 Å². The van der Waals surface area contributed by atoms with Gasteiger partial charge in [-0.2, -0.15) is 0 Å². The van der Waals surface area contributed by atoms with Crippen LogP contribution in [0.25, 0.3) is 11.0 Å². The fourth-order valence-corrected chi connectivity index (χ4v) is 1.72. The molecule has 0 saturated heterocycles. The van der Waals surface area contributed by atoms with E-state index in [4.69, 9.17) is 10.2 Å². The van der Waals surface area contributed by atoms with Gasteiger partial charge in [0, 0.05) is 18.4 Å². The fraction of sp³-hybridized carbons (Fsp3) is 0.231. The number of fused-ring (bicyclic) bond motifs is 1. The Morgan fingerprint density at radius 2 is 2.05 bits per heavy atom. The van der Waals surface area contributed by atoms with Gasteiger partial charge in [0.05, 0.1) is 0 Å². The summed E-state index contributed by atoms with van der Waals surface area (Å²) in [7, 11) is 0. The van der Waals surface area contributed by atoms with Crippen LogP contribution in [-0.4, -0.2) is 28.6 Å². The van der Waals surface area contributed by atoms with Gasteiger partial charge in [-0.15, -0.1) is 0 Å². The molecule has 0 radical (unpaired) electrons. The number of hydrogen-bond acceptors (Lipinski definition) is 4. The number of hydroxylamine groups is 2. The second-order valence-corrected chi connectivity index (χ2v) is 4.15. The number of nitrogens with zero attached hydrogens (tertiary/aromatic N) is 1. The quantitative estimate of drug-likeness (QED) is 0.630. The van der Waals surface area contributed by atoms with E-state index in [0.29, 0.717) is 17.1 Å². The lowest BCUT2D eigenvalue weighted by atomic mass is 10.2. The number of carbonyl (C=O) groups is 2. The second kappa shape index (κ2) is 5.53. The van der Waals surface area contributed by atoms with E-state index in [0.717, 1.165) is 5.39 Å². The molecule has 0 atom stereocenters. The number of carbonyl (C=O) groups excluding carboxylic acids is 2. The lowest BCUT2D eigenvalue weighted by Gasteiger charge is -2.12. The molecule has 0 saturated carbocycles. The summed E-state index contributed by atoms with van der Waals surface area (Å²) in [6.45, 7) is 0.0266. The third-order valence-electron chi connectivity index (χ3n) is 2.66. The van der Waals surface area contributed by atoms with E-state index < -0.39 is 11.8 Å². The molecular formula is C13H14N2O4. The average Bonchev–Trinajstić information content (AvgIpc) is 2.80. The summed E-state index contributed by atoms with van der Waals surface area (Å²) in [5.41, 5.74) is 5.55. The first-order valence-corrected chi connectivity index (χ1v) is 5.85. The number of para-hydroxylation sites is 1. The number of hydrogen-bond donors (Lipinski definition) is 2. The van der Waals surface area contributed by atoms with E-state index in [2.05, 4.69) is 0 Å². The molecule has 0 spiro atoms. The molecule has 0 aliphatic carbocycles. The second-order valence-electron chi connectivity index (χ2n) is 4.15. The predicted molar refractivity (Wildman–Crippen MR) is 67.5 cm³/mol. The Balaban J connectivity index is 2.04. The molecule has 6 heteroatoms. The molecule has 2 amide bonds. The van der Waals surface area contributed by atoms with Crippen molar-refractivity contribution in [3.05, 3.63) is 36.1 Å². The summed E-state index contributed by atoms with van der Waals surface area (Å²) in [4.78, 5) is 22.4. The molecule has 100 valence electrons. The van der Waals surface area contributed by atoms with Crippen molar-refractivity contribution in [2.45, 2.75) is 12.8 Å². The molecule has 0 aliphatic rings. The molecule has 3 N–H and O–H groups in total. The van der Waals surface area contributed by atoms with E-state index in [1.807, 2.05) is 12.1 Å². The molecule has 0 unspecified atom stereocenters. The average molecular weight is 262 g/mol. The first kappa shape index (κ1) is 13.1. The molecule has 0 fully saturated rings. The van der Waals surface area contributed by atoms with Crippen LogP contribution in [0.4, 0.5) is 0 Å². The zero-order chi connectivity index (χ0) is 13.8. The monoisotopic (exact) mass is 262 g/mol. The van der Waals surface area contributed by atoms with Crippen molar-refractivity contribution in [3.8, 4) is 0 Å². The van der Waals surface area contributed by atoms with E-state index in [-0.39, 0.29) is 18.7 Å². The molecule has 0 aliphatic heterocycles. The molecule has 1 aromatic carbocycles. The van der Waals surface area contributed by atoms with Crippen molar-refractivity contribution < 1.29 is 19.2 Å². The maximum absolute atomic E-state index is 11.9. The number of furan rings is 1. The topological polar surface area (TPSA) is 96.8 Å². The highest BCUT2D eigenvalue weighted by molar-refractivity contribution is 5.95. The van der Waals surface area contributed by atoms with Crippen LogP contribution >= 0.6 is 0 Å². The zero-order valence-electron chi connectivity index (χ0n) is 10.2. The van der Waals surface area contributed by atoms with E-state index in [1.54, 1.807) is 18.2 Å². The summed E-state index contributed by atoms with van der Waals surface area (Å²) < 4.78 is 5.34. The Bertz CT molecular complexity index is 572. The van der Waals surface area contributed by atoms with Crippen molar-refractivity contribution in [3.63, 3.8) is 0 Å². The Kier molecular flexibility index (Phi) is 3.82. The number of benzene rings is 1. The van der Waals surface area contributed by atoms with Crippen LogP contribution in [-0.2, 0) is 4.79 Å². The minimum absolute atomic E-state index is 0.0266. The Labute approximate surface area is 109 Å². The lowest BCUT2D eigenvalue weighted by Crippen LogP contribution is -2.28. The van der Waals surface area contributed by atoms with E-state index in [9.17, 15) is 14.8 Å². The molecule has 19 heavy (non-hydrogen) atoms. The molecule has 1 heterocycles. The third kappa shape index (κ3) is 3.11. The van der Waals surface area contributed by atoms with Crippen molar-refractivity contribution in [2.75, 3.05) is 6.54 Å². The molecule has 1 aromatic heterocycles. The van der Waals surface area contributed by atoms with Gasteiger partial charge < -0.3 is 10.2 Å². The highest BCUT2D eigenvalue weighted by Gasteiger charge is 2.18. The number of nitrogens with two attached hydrogens (primary N) is 1. The molecule has 2 aromatic rings. The zero-order valence-corrected chi connectivity index (χ0v) is 10.2. The first-order chi connectivity index (χ1) is 9.08. The summed E-state index contributed by atoms with van der Waals surface area (Å²) in [5.74, 6) is -1.05. The largest absolute Gasteiger partial charge is 0.451 e. The van der Waals surface area contributed by atoms with Crippen molar-refractivity contribution in [2.24, 2.45) is 5.73 Å². The van der Waals surface area contributed by atoms with Crippen LogP contribution in [0.5, 0.6) is 0 Å². The highest BCUT2D eigenvalue weighted by atomic mass is 16.5. The normalized spacial score (nSPS) is 10.6. The minimum atomic E-state index is -0.638. The molecular weight excluding hydrogens is 248 g/mol. The van der Waals surface area contributed by atoms with E-state index >= 15 is 0 Å². The molecule has 0 bridgehead atoms. The Morgan fingerprint density at radius 3 is 2.74 bits per heavy atom. The maximum Gasteiger partial charge on any atom is 0.312 e. The van der Waals surface area contributed by atoms with Gasteiger partial charge in [-0.25, -0.2) is 5.06 Å². The van der Waals surface area contributed by atoms with Crippen molar-refractivity contribution in [1.82, 2.24) is 5.06 Å².